The van der Waals surface area contributed by atoms with Gasteiger partial charge in [-0.25, -0.2) is 0 Å². The van der Waals surface area contributed by atoms with Crippen LogP contribution in [0.2, 0.25) is 0 Å². The van der Waals surface area contributed by atoms with Crippen molar-refractivity contribution in [2.24, 2.45) is 28.6 Å². The normalized spacial score (nSPS) is 36.5. The Morgan fingerprint density at radius 1 is 0.980 bits per heavy atom. The zero-order valence-corrected chi connectivity index (χ0v) is 29.6. The second-order valence-corrected chi connectivity index (χ2v) is 16.7. The molecular weight excluding hydrogens is 622 g/mol. The molecule has 6 rings (SSSR count). The van der Waals surface area contributed by atoms with Crippen molar-refractivity contribution in [1.82, 2.24) is 5.32 Å². The first kappa shape index (κ1) is 35.6. The lowest BCUT2D eigenvalue weighted by molar-refractivity contribution is -0.173. The Hall–Kier alpha value is -3.17. The van der Waals surface area contributed by atoms with Crippen molar-refractivity contribution in [3.63, 3.8) is 0 Å². The fourth-order valence-electron chi connectivity index (χ4n) is 10.8. The fraction of sp³-hybridized carbons (Fsp3) is 0.675. The summed E-state index contributed by atoms with van der Waals surface area (Å²) < 4.78 is 11.3. The van der Waals surface area contributed by atoms with Crippen molar-refractivity contribution in [3.8, 4) is 0 Å². The number of ketones is 3. The summed E-state index contributed by atoms with van der Waals surface area (Å²) >= 11 is 0. The predicted molar refractivity (Wildman–Crippen MR) is 182 cm³/mol. The molecule has 5 aliphatic rings. The number of carbonyl (C=O) groups is 5. The summed E-state index contributed by atoms with van der Waals surface area (Å²) in [6.45, 7) is 8.67. The van der Waals surface area contributed by atoms with Gasteiger partial charge in [0.25, 0.3) is 0 Å². The molecule has 0 unspecified atom stereocenters. The summed E-state index contributed by atoms with van der Waals surface area (Å²) in [4.78, 5) is 65.0. The van der Waals surface area contributed by atoms with Gasteiger partial charge >= 0.3 is 5.97 Å². The van der Waals surface area contributed by atoms with Gasteiger partial charge in [-0.2, -0.15) is 0 Å². The van der Waals surface area contributed by atoms with Crippen LogP contribution < -0.4 is 5.32 Å². The Bertz CT molecular complexity index is 1530. The largest absolute Gasteiger partial charge is 0.458 e. The van der Waals surface area contributed by atoms with Crippen LogP contribution in [0.15, 0.2) is 42.0 Å². The maximum Gasteiger partial charge on any atom is 0.306 e. The Morgan fingerprint density at radius 2 is 1.73 bits per heavy atom. The fourth-order valence-corrected chi connectivity index (χ4v) is 10.8. The minimum absolute atomic E-state index is 0.0206. The first-order valence-electron chi connectivity index (χ1n) is 18.3. The molecule has 49 heavy (non-hydrogen) atoms. The maximum absolute atomic E-state index is 13.9. The van der Waals surface area contributed by atoms with Crippen LogP contribution in [0.1, 0.15) is 110 Å². The number of rotatable bonds is 10. The van der Waals surface area contributed by atoms with Gasteiger partial charge in [-0.05, 0) is 94.1 Å². The molecule has 0 spiro atoms. The smallest absolute Gasteiger partial charge is 0.306 e. The van der Waals surface area contributed by atoms with Crippen molar-refractivity contribution in [3.05, 3.63) is 47.5 Å². The summed E-state index contributed by atoms with van der Waals surface area (Å²) in [7, 11) is 0. The van der Waals surface area contributed by atoms with E-state index in [0.29, 0.717) is 32.4 Å². The summed E-state index contributed by atoms with van der Waals surface area (Å²) in [5, 5.41) is 14.9. The van der Waals surface area contributed by atoms with Crippen LogP contribution in [0.25, 0.3) is 0 Å². The molecule has 266 valence electrons. The topological polar surface area (TPSA) is 136 Å². The van der Waals surface area contributed by atoms with E-state index >= 15 is 0 Å². The number of Topliss-reactive ketones (excluding diaryl/α,β-unsaturated/α-hetero) is 2. The lowest BCUT2D eigenvalue weighted by Crippen LogP contribution is -2.61. The van der Waals surface area contributed by atoms with Gasteiger partial charge in [0, 0.05) is 49.2 Å². The predicted octanol–water partition coefficient (Wildman–Crippen LogP) is 5.35. The monoisotopic (exact) mass is 675 g/mol. The van der Waals surface area contributed by atoms with Gasteiger partial charge in [0.1, 0.15) is 11.4 Å². The van der Waals surface area contributed by atoms with Crippen LogP contribution in [-0.4, -0.2) is 65.3 Å². The number of allylic oxidation sites excluding steroid dienone is 1. The third kappa shape index (κ3) is 6.46. The first-order valence-corrected chi connectivity index (χ1v) is 18.3. The van der Waals surface area contributed by atoms with Gasteiger partial charge < -0.3 is 19.9 Å². The average molecular weight is 676 g/mol. The molecule has 1 aromatic rings. The van der Waals surface area contributed by atoms with Crippen LogP contribution in [0.3, 0.4) is 0 Å². The minimum atomic E-state index is -1.77. The zero-order valence-electron chi connectivity index (χ0n) is 29.6. The minimum Gasteiger partial charge on any atom is -0.458 e. The highest BCUT2D eigenvalue weighted by atomic mass is 16.5. The third-order valence-corrected chi connectivity index (χ3v) is 13.3. The highest BCUT2D eigenvalue weighted by molar-refractivity contribution is 5.95. The summed E-state index contributed by atoms with van der Waals surface area (Å²) in [5.74, 6) is -1.55. The van der Waals surface area contributed by atoms with Crippen LogP contribution in [0.5, 0.6) is 0 Å². The SMILES string of the molecule is CC1(C)C[C@](CCNC(=O)CCC(=O)OCC(=O)[C@@]2(O)CC[C@@H]3[C@H]4CCC5=CC(=O)CC[C@]5(C)[C@@H]4C(=O)C[C@]32C)(c2ccccc2)CCO1. The first-order chi connectivity index (χ1) is 23.1. The lowest BCUT2D eigenvalue weighted by atomic mass is 9.46. The summed E-state index contributed by atoms with van der Waals surface area (Å²) in [6.07, 6.45) is 7.47. The number of hydrogen-bond donors (Lipinski definition) is 2. The number of esters is 1. The molecule has 2 N–H and O–H groups in total. The second kappa shape index (κ2) is 13.2. The molecule has 4 fully saturated rings. The van der Waals surface area contributed by atoms with Crippen molar-refractivity contribution >= 4 is 29.2 Å². The molecule has 0 aromatic heterocycles. The highest BCUT2D eigenvalue weighted by Gasteiger charge is 2.68. The molecule has 1 aromatic carbocycles. The van der Waals surface area contributed by atoms with E-state index in [1.165, 1.54) is 5.56 Å². The van der Waals surface area contributed by atoms with Crippen molar-refractivity contribution in [2.45, 2.75) is 121 Å². The lowest BCUT2D eigenvalue weighted by Gasteiger charge is -2.57. The van der Waals surface area contributed by atoms with Gasteiger partial charge in [0.2, 0.25) is 11.7 Å². The summed E-state index contributed by atoms with van der Waals surface area (Å²) in [5.41, 5.74) is -1.17. The number of aliphatic hydroxyl groups is 1. The van der Waals surface area contributed by atoms with E-state index in [1.54, 1.807) is 6.08 Å². The van der Waals surface area contributed by atoms with Crippen LogP contribution >= 0.6 is 0 Å². The number of carbonyl (C=O) groups excluding carboxylic acids is 5. The summed E-state index contributed by atoms with van der Waals surface area (Å²) in [6, 6.07) is 10.3. The Kier molecular flexibility index (Phi) is 9.59. The highest BCUT2D eigenvalue weighted by Crippen LogP contribution is 2.66. The molecule has 1 saturated heterocycles. The molecule has 3 saturated carbocycles. The average Bonchev–Trinajstić information content (AvgIpc) is 3.33. The standard InChI is InChI=1S/C40H53NO8/c1-36(2)25-39(19-21-49-36,26-8-6-5-7-9-26)18-20-41-33(45)12-13-34(46)48-24-32(44)40(47)17-15-30-29-11-10-27-22-28(42)14-16-37(27,3)35(29)31(43)23-38(30,40)4/h5-9,22,29-30,35,47H,10-21,23-25H2,1-4H3,(H,41,45)/t29-,30-,35+,37+,38-,39-,40+/m1/s1. The quantitative estimate of drug-likeness (QED) is 0.317. The van der Waals surface area contributed by atoms with Crippen molar-refractivity contribution in [2.75, 3.05) is 19.8 Å². The van der Waals surface area contributed by atoms with Gasteiger partial charge in [0.05, 0.1) is 12.0 Å². The molecule has 4 aliphatic carbocycles. The molecule has 0 bridgehead atoms. The number of benzene rings is 1. The molecule has 0 radical (unpaired) electrons. The van der Waals surface area contributed by atoms with E-state index in [-0.39, 0.29) is 77.3 Å². The van der Waals surface area contributed by atoms with Crippen molar-refractivity contribution in [1.29, 1.82) is 0 Å². The Balaban J connectivity index is 1.00. The van der Waals surface area contributed by atoms with E-state index in [4.69, 9.17) is 9.47 Å². The molecule has 9 heteroatoms. The molecular formula is C40H53NO8. The van der Waals surface area contributed by atoms with E-state index in [9.17, 15) is 29.1 Å². The molecule has 7 atom stereocenters. The second-order valence-electron chi connectivity index (χ2n) is 16.7. The number of amides is 1. The Morgan fingerprint density at radius 3 is 2.47 bits per heavy atom. The number of ether oxygens (including phenoxy) is 2. The third-order valence-electron chi connectivity index (χ3n) is 13.3. The zero-order chi connectivity index (χ0) is 35.2. The van der Waals surface area contributed by atoms with E-state index in [2.05, 4.69) is 38.2 Å². The number of fused-ring (bicyclic) bond motifs is 5. The van der Waals surface area contributed by atoms with E-state index in [1.807, 2.05) is 25.1 Å². The molecule has 1 amide bonds. The van der Waals surface area contributed by atoms with E-state index < -0.39 is 29.4 Å². The van der Waals surface area contributed by atoms with Gasteiger partial charge in [-0.1, -0.05) is 49.8 Å². The Labute approximate surface area is 289 Å². The molecule has 9 nitrogen and oxygen atoms in total. The number of hydrogen-bond acceptors (Lipinski definition) is 8. The van der Waals surface area contributed by atoms with Crippen LogP contribution in [0, 0.1) is 28.6 Å². The van der Waals surface area contributed by atoms with Crippen molar-refractivity contribution < 1.29 is 38.6 Å². The molecule has 1 heterocycles. The van der Waals surface area contributed by atoms with Gasteiger partial charge in [0.15, 0.2) is 12.4 Å². The molecule has 1 aliphatic heterocycles. The van der Waals surface area contributed by atoms with Gasteiger partial charge in [-0.3, -0.25) is 24.0 Å². The van der Waals surface area contributed by atoms with Crippen LogP contribution in [0.4, 0.5) is 0 Å². The van der Waals surface area contributed by atoms with E-state index in [0.717, 1.165) is 37.7 Å². The maximum atomic E-state index is 13.9. The van der Waals surface area contributed by atoms with Crippen LogP contribution in [-0.2, 0) is 38.9 Å². The van der Waals surface area contributed by atoms with Gasteiger partial charge in [-0.15, -0.1) is 0 Å². The number of nitrogens with one attached hydrogen (secondary N) is 1.